The Labute approximate surface area is 123 Å². The summed E-state index contributed by atoms with van der Waals surface area (Å²) in [6.07, 6.45) is 4.63. The van der Waals surface area contributed by atoms with E-state index in [1.54, 1.807) is 18.3 Å². The molecule has 1 aromatic heterocycles. The maximum Gasteiger partial charge on any atom is 0.245 e. The lowest BCUT2D eigenvalue weighted by molar-refractivity contribution is -0.123. The lowest BCUT2D eigenvalue weighted by Gasteiger charge is -2.08. The molecule has 0 aromatic carbocycles. The number of carbonyl (C=O) groups is 1. The Balaban J connectivity index is 0.000000200. The van der Waals surface area contributed by atoms with Gasteiger partial charge in [-0.2, -0.15) is 0 Å². The minimum absolute atomic E-state index is 0.0375. The van der Waals surface area contributed by atoms with Gasteiger partial charge in [0, 0.05) is 18.8 Å². The number of amides is 1. The summed E-state index contributed by atoms with van der Waals surface area (Å²) in [7, 11) is -0.0375. The van der Waals surface area contributed by atoms with Crippen molar-refractivity contribution in [2.75, 3.05) is 31.9 Å². The number of aliphatic hydroxyl groups is 1. The van der Waals surface area contributed by atoms with Crippen LogP contribution >= 0.6 is 31.7 Å². The highest BCUT2D eigenvalue weighted by Crippen LogP contribution is 2.34. The molecule has 5 nitrogen and oxygen atoms in total. The Morgan fingerprint density at radius 2 is 2.37 bits per heavy atom. The van der Waals surface area contributed by atoms with Crippen molar-refractivity contribution in [3.05, 3.63) is 28.0 Å². The van der Waals surface area contributed by atoms with Gasteiger partial charge in [0.15, 0.2) is 0 Å². The molecule has 1 aliphatic heterocycles. The molecule has 4 N–H and O–H groups in total. The van der Waals surface area contributed by atoms with E-state index in [4.69, 9.17) is 28.9 Å². The lowest BCUT2D eigenvalue weighted by Crippen LogP contribution is -2.26. The molecule has 19 heavy (non-hydrogen) atoms. The first-order valence-corrected chi connectivity index (χ1v) is 8.45. The van der Waals surface area contributed by atoms with Crippen molar-refractivity contribution in [3.8, 4) is 0 Å². The average molecular weight is 322 g/mol. The quantitative estimate of drug-likeness (QED) is 0.502. The topological polar surface area (TPSA) is 77.2 Å². The second-order valence-corrected chi connectivity index (χ2v) is 7.14. The number of nitrogens with one attached hydrogen (secondary N) is 3. The molecule has 0 radical (unpaired) electrons. The van der Waals surface area contributed by atoms with Crippen molar-refractivity contribution in [1.82, 2.24) is 15.6 Å². The fourth-order valence-electron chi connectivity index (χ4n) is 1.34. The Morgan fingerprint density at radius 3 is 2.84 bits per heavy atom. The van der Waals surface area contributed by atoms with Crippen LogP contribution in [0.3, 0.4) is 0 Å². The van der Waals surface area contributed by atoms with Crippen molar-refractivity contribution in [2.45, 2.75) is 0 Å². The van der Waals surface area contributed by atoms with E-state index in [1.165, 1.54) is 6.16 Å². The average Bonchev–Trinajstić information content (AvgIpc) is 2.93. The van der Waals surface area contributed by atoms with Gasteiger partial charge in [0.05, 0.1) is 5.02 Å². The van der Waals surface area contributed by atoms with Crippen LogP contribution in [0.5, 0.6) is 0 Å². The summed E-state index contributed by atoms with van der Waals surface area (Å²) in [6.45, 7) is 0.678. The second kappa shape index (κ2) is 9.39. The number of hydrogen-bond acceptors (Lipinski definition) is 4. The fourth-order valence-corrected chi connectivity index (χ4v) is 3.36. The van der Waals surface area contributed by atoms with Crippen LogP contribution in [0, 0.1) is 4.64 Å². The Morgan fingerprint density at radius 1 is 1.58 bits per heavy atom. The predicted molar refractivity (Wildman–Crippen MR) is 81.4 cm³/mol. The third kappa shape index (κ3) is 7.60. The molecule has 1 saturated heterocycles. The molecule has 2 rings (SSSR count). The molecule has 1 atom stereocenters. The van der Waals surface area contributed by atoms with Gasteiger partial charge < -0.3 is 20.7 Å². The van der Waals surface area contributed by atoms with E-state index < -0.39 is 6.61 Å². The number of halogens is 1. The first-order valence-electron chi connectivity index (χ1n) is 5.76. The van der Waals surface area contributed by atoms with Gasteiger partial charge in [-0.25, -0.2) is 0 Å². The van der Waals surface area contributed by atoms with Crippen LogP contribution in [-0.2, 0) is 4.79 Å². The maximum absolute atomic E-state index is 10.6. The normalized spacial score (nSPS) is 17.5. The Hall–Kier alpha value is -0.520. The number of aromatic nitrogens is 1. The van der Waals surface area contributed by atoms with Gasteiger partial charge in [-0.1, -0.05) is 31.7 Å². The summed E-state index contributed by atoms with van der Waals surface area (Å²) >= 11 is 10.3. The molecule has 1 aromatic rings. The van der Waals surface area contributed by atoms with Crippen molar-refractivity contribution >= 4 is 37.6 Å². The van der Waals surface area contributed by atoms with Crippen molar-refractivity contribution in [2.24, 2.45) is 0 Å². The first kappa shape index (κ1) is 16.5. The number of aromatic amines is 1. The van der Waals surface area contributed by atoms with E-state index in [9.17, 15) is 4.79 Å². The number of aliphatic hydroxyl groups excluding tert-OH is 1. The SMILES string of the molecule is O=C(CO)NCP1CCNC1.S=c1ccc(Cl)c[nH]1. The largest absolute Gasteiger partial charge is 0.387 e. The van der Waals surface area contributed by atoms with Gasteiger partial charge in [0.1, 0.15) is 11.2 Å². The van der Waals surface area contributed by atoms with Crippen LogP contribution in [-0.4, -0.2) is 47.9 Å². The molecular formula is C11H17ClN3O2PS. The third-order valence-corrected chi connectivity index (χ3v) is 4.95. The maximum atomic E-state index is 10.6. The molecule has 8 heteroatoms. The number of carbonyl (C=O) groups excluding carboxylic acids is 1. The zero-order valence-electron chi connectivity index (χ0n) is 10.4. The van der Waals surface area contributed by atoms with Crippen LogP contribution < -0.4 is 10.6 Å². The van der Waals surface area contributed by atoms with Gasteiger partial charge in [-0.15, -0.1) is 0 Å². The number of hydrogen-bond donors (Lipinski definition) is 4. The van der Waals surface area contributed by atoms with E-state index >= 15 is 0 Å². The van der Waals surface area contributed by atoms with Gasteiger partial charge in [0.2, 0.25) is 5.91 Å². The first-order chi connectivity index (χ1) is 9.11. The van der Waals surface area contributed by atoms with Crippen LogP contribution in [0.1, 0.15) is 0 Å². The molecule has 1 unspecified atom stereocenters. The molecule has 1 fully saturated rings. The summed E-state index contributed by atoms with van der Waals surface area (Å²) < 4.78 is 0.703. The third-order valence-electron chi connectivity index (χ3n) is 2.33. The smallest absolute Gasteiger partial charge is 0.245 e. The van der Waals surface area contributed by atoms with Crippen molar-refractivity contribution < 1.29 is 9.90 Å². The van der Waals surface area contributed by atoms with E-state index in [0.717, 1.165) is 19.1 Å². The second-order valence-electron chi connectivity index (χ2n) is 3.84. The van der Waals surface area contributed by atoms with E-state index in [0.29, 0.717) is 9.66 Å². The molecular weight excluding hydrogens is 305 g/mol. The molecule has 0 spiro atoms. The van der Waals surface area contributed by atoms with Crippen LogP contribution in [0.15, 0.2) is 18.3 Å². The lowest BCUT2D eigenvalue weighted by atomic mass is 10.5. The number of pyridine rings is 1. The molecule has 2 heterocycles. The highest BCUT2D eigenvalue weighted by atomic mass is 35.5. The van der Waals surface area contributed by atoms with Gasteiger partial charge in [-0.05, 0) is 24.8 Å². The Kier molecular flexibility index (Phi) is 8.18. The molecule has 106 valence electrons. The number of H-pyrrole nitrogens is 1. The van der Waals surface area contributed by atoms with Crippen molar-refractivity contribution in [3.63, 3.8) is 0 Å². The Bertz CT molecular complexity index is 431. The highest BCUT2D eigenvalue weighted by Gasteiger charge is 2.13. The minimum Gasteiger partial charge on any atom is -0.387 e. The minimum atomic E-state index is -0.392. The summed E-state index contributed by atoms with van der Waals surface area (Å²) in [5, 5.41) is 15.0. The standard InChI is InChI=1S/C6H13N2O2P.C5H4ClNS/c9-3-6(10)8-5-11-2-1-7-4-11;6-4-1-2-5(8)7-3-4/h7,9H,1-5H2,(H,8,10);1-3H,(H,7,8). The van der Waals surface area contributed by atoms with Gasteiger partial charge >= 0.3 is 0 Å². The molecule has 1 amide bonds. The van der Waals surface area contributed by atoms with Gasteiger partial charge in [-0.3, -0.25) is 4.79 Å². The molecule has 0 bridgehead atoms. The monoisotopic (exact) mass is 321 g/mol. The van der Waals surface area contributed by atoms with E-state index in [-0.39, 0.29) is 13.8 Å². The fraction of sp³-hybridized carbons (Fsp3) is 0.455. The summed E-state index contributed by atoms with van der Waals surface area (Å²) in [5.74, 6) is -0.264. The summed E-state index contributed by atoms with van der Waals surface area (Å²) in [4.78, 5) is 13.4. The number of rotatable bonds is 3. The highest BCUT2D eigenvalue weighted by molar-refractivity contribution is 7.71. The molecule has 1 aliphatic rings. The predicted octanol–water partition coefficient (Wildman–Crippen LogP) is 1.49. The van der Waals surface area contributed by atoms with Gasteiger partial charge in [0.25, 0.3) is 0 Å². The van der Waals surface area contributed by atoms with Crippen LogP contribution in [0.4, 0.5) is 0 Å². The zero-order chi connectivity index (χ0) is 14.1. The van der Waals surface area contributed by atoms with Crippen LogP contribution in [0.2, 0.25) is 5.02 Å². The molecule has 0 aliphatic carbocycles. The zero-order valence-corrected chi connectivity index (χ0v) is 12.8. The summed E-state index contributed by atoms with van der Waals surface area (Å²) in [6, 6.07) is 3.50. The van der Waals surface area contributed by atoms with Crippen molar-refractivity contribution in [1.29, 1.82) is 0 Å². The molecule has 0 saturated carbocycles. The summed E-state index contributed by atoms with van der Waals surface area (Å²) in [5.41, 5.74) is 0. The van der Waals surface area contributed by atoms with E-state index in [2.05, 4.69) is 15.6 Å². The van der Waals surface area contributed by atoms with E-state index in [1.807, 2.05) is 0 Å². The van der Waals surface area contributed by atoms with Crippen LogP contribution in [0.25, 0.3) is 0 Å².